The molecule has 2 aliphatic rings. The minimum absolute atomic E-state index is 0.0775. The van der Waals surface area contributed by atoms with Crippen LogP contribution in [0.15, 0.2) is 6.20 Å². The van der Waals surface area contributed by atoms with Gasteiger partial charge in [0.25, 0.3) is 0 Å². The highest BCUT2D eigenvalue weighted by atomic mass is 32.1. The van der Waals surface area contributed by atoms with Crippen molar-refractivity contribution in [1.82, 2.24) is 10.2 Å². The topological polar surface area (TPSA) is 83.8 Å². The normalized spacial score (nSPS) is 29.4. The third-order valence-corrected chi connectivity index (χ3v) is 4.33. The zero-order chi connectivity index (χ0) is 12.7. The van der Waals surface area contributed by atoms with Crippen LogP contribution in [0.2, 0.25) is 0 Å². The summed E-state index contributed by atoms with van der Waals surface area (Å²) in [4.78, 5) is 12.4. The molecule has 0 radical (unpaired) electrons. The predicted molar refractivity (Wildman–Crippen MR) is 72.0 cm³/mol. The van der Waals surface area contributed by atoms with Crippen LogP contribution in [0.5, 0.6) is 0 Å². The molecule has 18 heavy (non-hydrogen) atoms. The van der Waals surface area contributed by atoms with Gasteiger partial charge in [-0.15, -0.1) is 0 Å². The van der Waals surface area contributed by atoms with Crippen LogP contribution in [0, 0.1) is 17.8 Å². The maximum atomic E-state index is 12.2. The molecule has 1 heterocycles. The summed E-state index contributed by atoms with van der Waals surface area (Å²) in [7, 11) is 0. The Morgan fingerprint density at radius 3 is 2.72 bits per heavy atom. The number of aromatic nitrogens is 2. The zero-order valence-corrected chi connectivity index (χ0v) is 10.8. The van der Waals surface area contributed by atoms with Crippen LogP contribution in [0.4, 0.5) is 5.82 Å². The number of nitrogens with zero attached hydrogens (tertiary/aromatic N) is 1. The van der Waals surface area contributed by atoms with Gasteiger partial charge in [-0.05, 0) is 24.7 Å². The fourth-order valence-electron chi connectivity index (χ4n) is 3.16. The van der Waals surface area contributed by atoms with Crippen LogP contribution in [-0.4, -0.2) is 21.1 Å². The molecule has 0 saturated heterocycles. The first-order chi connectivity index (χ1) is 8.68. The number of anilines is 1. The molecular formula is C12H16N4OS. The molecule has 1 amide bonds. The van der Waals surface area contributed by atoms with E-state index in [9.17, 15) is 4.79 Å². The molecule has 96 valence electrons. The molecule has 1 aromatic heterocycles. The maximum absolute atomic E-state index is 12.2. The number of carbonyl (C=O) groups is 1. The number of hydrogen-bond donors (Lipinski definition) is 3. The van der Waals surface area contributed by atoms with E-state index < -0.39 is 0 Å². The number of aromatic amines is 1. The number of fused-ring (bicyclic) bond motifs is 1. The third-order valence-electron chi connectivity index (χ3n) is 4.11. The van der Waals surface area contributed by atoms with Crippen molar-refractivity contribution in [2.45, 2.75) is 25.7 Å². The molecule has 2 atom stereocenters. The molecule has 0 aromatic carbocycles. The van der Waals surface area contributed by atoms with E-state index in [1.807, 2.05) is 0 Å². The highest BCUT2D eigenvalue weighted by molar-refractivity contribution is 7.80. The average Bonchev–Trinajstić information content (AvgIpc) is 2.90. The van der Waals surface area contributed by atoms with Crippen molar-refractivity contribution in [3.8, 4) is 0 Å². The fraction of sp³-hybridized carbons (Fsp3) is 0.583. The number of thiocarbonyl (C=S) groups is 1. The van der Waals surface area contributed by atoms with E-state index in [-0.39, 0.29) is 16.8 Å². The van der Waals surface area contributed by atoms with Crippen molar-refractivity contribution >= 4 is 28.9 Å². The monoisotopic (exact) mass is 264 g/mol. The van der Waals surface area contributed by atoms with Crippen molar-refractivity contribution in [2.24, 2.45) is 23.5 Å². The smallest absolute Gasteiger partial charge is 0.229 e. The van der Waals surface area contributed by atoms with Gasteiger partial charge in [-0.1, -0.05) is 25.1 Å². The van der Waals surface area contributed by atoms with Crippen LogP contribution in [0.1, 0.15) is 31.2 Å². The molecule has 1 aromatic rings. The standard InChI is InChI=1S/C12H16N4OS/c13-10(18)8-5-14-16-11(8)15-12(17)9-6-3-1-2-4-7(6)9/h5-7,9H,1-4H2,(H2,13,18)(H2,14,15,16,17). The van der Waals surface area contributed by atoms with Crippen LogP contribution >= 0.6 is 12.2 Å². The largest absolute Gasteiger partial charge is 0.389 e. The number of H-pyrrole nitrogens is 1. The predicted octanol–water partition coefficient (Wildman–Crippen LogP) is 1.42. The Morgan fingerprint density at radius 2 is 2.11 bits per heavy atom. The highest BCUT2D eigenvalue weighted by Gasteiger charge is 2.54. The van der Waals surface area contributed by atoms with Crippen molar-refractivity contribution in [3.63, 3.8) is 0 Å². The van der Waals surface area contributed by atoms with E-state index in [2.05, 4.69) is 15.5 Å². The number of amides is 1. The van der Waals surface area contributed by atoms with E-state index in [1.54, 1.807) is 0 Å². The van der Waals surface area contributed by atoms with E-state index in [0.717, 1.165) is 0 Å². The summed E-state index contributed by atoms with van der Waals surface area (Å²) in [6.45, 7) is 0. The Labute approximate surface area is 111 Å². The van der Waals surface area contributed by atoms with Gasteiger partial charge in [-0.3, -0.25) is 9.89 Å². The van der Waals surface area contributed by atoms with Gasteiger partial charge in [-0.25, -0.2) is 0 Å². The van der Waals surface area contributed by atoms with Crippen LogP contribution in [-0.2, 0) is 4.79 Å². The van der Waals surface area contributed by atoms with Crippen LogP contribution < -0.4 is 11.1 Å². The summed E-state index contributed by atoms with van der Waals surface area (Å²) in [5, 5.41) is 9.46. The van der Waals surface area contributed by atoms with Gasteiger partial charge in [0.05, 0.1) is 11.8 Å². The Balaban J connectivity index is 1.68. The fourth-order valence-corrected chi connectivity index (χ4v) is 3.31. The molecule has 2 fully saturated rings. The summed E-state index contributed by atoms with van der Waals surface area (Å²) in [6, 6.07) is 0. The van der Waals surface area contributed by atoms with E-state index >= 15 is 0 Å². The molecule has 4 N–H and O–H groups in total. The summed E-state index contributed by atoms with van der Waals surface area (Å²) < 4.78 is 0. The maximum Gasteiger partial charge on any atom is 0.229 e. The first kappa shape index (κ1) is 11.6. The second kappa shape index (κ2) is 4.35. The van der Waals surface area contributed by atoms with Gasteiger partial charge >= 0.3 is 0 Å². The number of nitrogens with one attached hydrogen (secondary N) is 2. The Hall–Kier alpha value is -1.43. The van der Waals surface area contributed by atoms with Gasteiger partial charge in [0, 0.05) is 5.92 Å². The number of nitrogens with two attached hydrogens (primary N) is 1. The van der Waals surface area contributed by atoms with Crippen molar-refractivity contribution in [3.05, 3.63) is 11.8 Å². The van der Waals surface area contributed by atoms with Gasteiger partial charge in [0.15, 0.2) is 0 Å². The first-order valence-corrected chi connectivity index (χ1v) is 6.73. The second-order valence-corrected chi connectivity index (χ2v) is 5.59. The lowest BCUT2D eigenvalue weighted by Gasteiger charge is -2.04. The van der Waals surface area contributed by atoms with Gasteiger partial charge in [0.2, 0.25) is 5.91 Å². The molecule has 6 heteroatoms. The van der Waals surface area contributed by atoms with E-state index in [1.165, 1.54) is 31.9 Å². The average molecular weight is 264 g/mol. The lowest BCUT2D eigenvalue weighted by molar-refractivity contribution is -0.117. The minimum Gasteiger partial charge on any atom is -0.389 e. The number of carbonyl (C=O) groups excluding carboxylic acids is 1. The molecule has 0 spiro atoms. The van der Waals surface area contributed by atoms with Crippen LogP contribution in [0.25, 0.3) is 0 Å². The summed E-state index contributed by atoms with van der Waals surface area (Å²) in [5.74, 6) is 1.96. The molecule has 2 unspecified atom stereocenters. The van der Waals surface area contributed by atoms with Gasteiger partial charge in [0.1, 0.15) is 10.8 Å². The molecule has 2 saturated carbocycles. The highest BCUT2D eigenvalue weighted by Crippen LogP contribution is 2.55. The Morgan fingerprint density at radius 1 is 1.44 bits per heavy atom. The molecule has 3 rings (SSSR count). The zero-order valence-electron chi connectivity index (χ0n) is 9.98. The molecule has 0 aliphatic heterocycles. The Bertz CT molecular complexity index is 486. The van der Waals surface area contributed by atoms with Gasteiger partial charge in [-0.2, -0.15) is 5.10 Å². The number of rotatable bonds is 3. The molecule has 2 aliphatic carbocycles. The van der Waals surface area contributed by atoms with E-state index in [0.29, 0.717) is 23.2 Å². The van der Waals surface area contributed by atoms with Crippen molar-refractivity contribution in [2.75, 3.05) is 5.32 Å². The quantitative estimate of drug-likeness (QED) is 0.721. The second-order valence-electron chi connectivity index (χ2n) is 5.15. The lowest BCUT2D eigenvalue weighted by Crippen LogP contribution is -2.19. The SMILES string of the molecule is NC(=S)c1cn[nH]c1NC(=O)C1C2CCCCC21. The van der Waals surface area contributed by atoms with E-state index in [4.69, 9.17) is 18.0 Å². The molecule has 5 nitrogen and oxygen atoms in total. The summed E-state index contributed by atoms with van der Waals surface area (Å²) in [5.41, 5.74) is 6.16. The lowest BCUT2D eigenvalue weighted by atomic mass is 10.0. The molecular weight excluding hydrogens is 248 g/mol. The number of hydrogen-bond acceptors (Lipinski definition) is 3. The summed E-state index contributed by atoms with van der Waals surface area (Å²) >= 11 is 4.91. The van der Waals surface area contributed by atoms with Crippen molar-refractivity contribution in [1.29, 1.82) is 0 Å². The van der Waals surface area contributed by atoms with Crippen LogP contribution in [0.3, 0.4) is 0 Å². The Kier molecular flexibility index (Phi) is 2.81. The van der Waals surface area contributed by atoms with Gasteiger partial charge < -0.3 is 11.1 Å². The summed E-state index contributed by atoms with van der Waals surface area (Å²) in [6.07, 6.45) is 6.43. The molecule has 0 bridgehead atoms. The van der Waals surface area contributed by atoms with Crippen molar-refractivity contribution < 1.29 is 4.79 Å². The minimum atomic E-state index is 0.0775. The first-order valence-electron chi connectivity index (χ1n) is 6.32. The third kappa shape index (κ3) is 1.90.